The third-order valence-corrected chi connectivity index (χ3v) is 4.20. The van der Waals surface area contributed by atoms with Crippen LogP contribution in [0.25, 0.3) is 0 Å². The summed E-state index contributed by atoms with van der Waals surface area (Å²) >= 11 is 0. The highest BCUT2D eigenvalue weighted by molar-refractivity contribution is 5.90. The second-order valence-electron chi connectivity index (χ2n) is 5.42. The van der Waals surface area contributed by atoms with Gasteiger partial charge < -0.3 is 16.0 Å². The molecule has 0 spiro atoms. The van der Waals surface area contributed by atoms with E-state index in [0.29, 0.717) is 19.3 Å². The van der Waals surface area contributed by atoms with Crippen molar-refractivity contribution in [3.8, 4) is 0 Å². The van der Waals surface area contributed by atoms with Crippen LogP contribution in [0.15, 0.2) is 0 Å². The number of rotatable bonds is 2. The first-order chi connectivity index (χ1) is 9.29. The van der Waals surface area contributed by atoms with E-state index in [-0.39, 0.29) is 19.5 Å². The van der Waals surface area contributed by atoms with Crippen molar-refractivity contribution in [2.24, 2.45) is 11.1 Å². The monoisotopic (exact) mass is 293 g/mol. The Balaban J connectivity index is 2.29. The number of carbonyl (C=O) groups is 2. The van der Waals surface area contributed by atoms with Gasteiger partial charge in [0.25, 0.3) is 0 Å². The first-order valence-corrected chi connectivity index (χ1v) is 6.67. The van der Waals surface area contributed by atoms with Crippen LogP contribution in [0, 0.1) is 5.41 Å². The molecule has 2 aliphatic heterocycles. The fourth-order valence-electron chi connectivity index (χ4n) is 2.98. The number of piperidine rings is 1. The molecule has 2 fully saturated rings. The van der Waals surface area contributed by atoms with E-state index in [1.165, 1.54) is 0 Å². The molecule has 2 rings (SSSR count). The minimum Gasteiger partial charge on any atom is -0.368 e. The molecule has 0 saturated carbocycles. The van der Waals surface area contributed by atoms with Crippen LogP contribution < -0.4 is 11.1 Å². The third-order valence-electron chi connectivity index (χ3n) is 4.20. The van der Waals surface area contributed by atoms with Crippen LogP contribution in [0.3, 0.4) is 0 Å². The number of alkyl halides is 3. The number of halogens is 3. The van der Waals surface area contributed by atoms with E-state index in [9.17, 15) is 22.8 Å². The van der Waals surface area contributed by atoms with Gasteiger partial charge in [-0.3, -0.25) is 9.59 Å². The minimum atomic E-state index is -4.63. The number of hydrogen-bond acceptors (Lipinski definition) is 3. The molecular weight excluding hydrogens is 275 g/mol. The lowest BCUT2D eigenvalue weighted by atomic mass is 9.83. The smallest absolute Gasteiger partial charge is 0.368 e. The SMILES string of the molecule is NC(=O)C1CCCCN1C(=O)C1(C(F)(F)F)CCNC1. The zero-order valence-corrected chi connectivity index (χ0v) is 11.0. The van der Waals surface area contributed by atoms with Gasteiger partial charge in [0.15, 0.2) is 5.41 Å². The van der Waals surface area contributed by atoms with Gasteiger partial charge in [0.2, 0.25) is 11.8 Å². The Morgan fingerprint density at radius 3 is 2.50 bits per heavy atom. The van der Waals surface area contributed by atoms with E-state index in [2.05, 4.69) is 5.32 Å². The molecule has 2 saturated heterocycles. The summed E-state index contributed by atoms with van der Waals surface area (Å²) in [7, 11) is 0. The Bertz CT molecular complexity index is 405. The normalized spacial score (nSPS) is 31.4. The molecule has 5 nitrogen and oxygen atoms in total. The molecule has 2 heterocycles. The molecule has 3 N–H and O–H groups in total. The van der Waals surface area contributed by atoms with Crippen molar-refractivity contribution < 1.29 is 22.8 Å². The van der Waals surface area contributed by atoms with E-state index in [4.69, 9.17) is 5.73 Å². The minimum absolute atomic E-state index is 0.139. The summed E-state index contributed by atoms with van der Waals surface area (Å²) in [5.41, 5.74) is 2.80. The molecule has 2 amide bonds. The number of nitrogens with one attached hydrogen (secondary N) is 1. The van der Waals surface area contributed by atoms with E-state index in [1.54, 1.807) is 0 Å². The maximum atomic E-state index is 13.3. The van der Waals surface area contributed by atoms with Crippen LogP contribution in [0.5, 0.6) is 0 Å². The van der Waals surface area contributed by atoms with Gasteiger partial charge in [-0.05, 0) is 32.2 Å². The maximum absolute atomic E-state index is 13.3. The zero-order valence-electron chi connectivity index (χ0n) is 11.0. The topological polar surface area (TPSA) is 75.4 Å². The Labute approximate surface area is 114 Å². The molecule has 0 radical (unpaired) electrons. The van der Waals surface area contributed by atoms with E-state index < -0.39 is 36.0 Å². The first kappa shape index (κ1) is 15.1. The van der Waals surface area contributed by atoms with Crippen molar-refractivity contribution in [1.29, 1.82) is 0 Å². The van der Waals surface area contributed by atoms with Crippen molar-refractivity contribution in [3.63, 3.8) is 0 Å². The van der Waals surface area contributed by atoms with Gasteiger partial charge in [0.05, 0.1) is 0 Å². The van der Waals surface area contributed by atoms with Gasteiger partial charge in [-0.1, -0.05) is 0 Å². The lowest BCUT2D eigenvalue weighted by molar-refractivity contribution is -0.223. The molecule has 0 aromatic rings. The number of likely N-dealkylation sites (tertiary alicyclic amines) is 1. The number of primary amides is 1. The summed E-state index contributed by atoms with van der Waals surface area (Å²) in [4.78, 5) is 24.8. The first-order valence-electron chi connectivity index (χ1n) is 6.67. The third kappa shape index (κ3) is 2.36. The molecule has 114 valence electrons. The molecule has 20 heavy (non-hydrogen) atoms. The van der Waals surface area contributed by atoms with Crippen LogP contribution >= 0.6 is 0 Å². The van der Waals surface area contributed by atoms with Gasteiger partial charge in [0.1, 0.15) is 6.04 Å². The molecular formula is C12H18F3N3O2. The average molecular weight is 293 g/mol. The highest BCUT2D eigenvalue weighted by atomic mass is 19.4. The largest absolute Gasteiger partial charge is 0.404 e. The van der Waals surface area contributed by atoms with E-state index in [1.807, 2.05) is 0 Å². The van der Waals surface area contributed by atoms with Gasteiger partial charge in [0, 0.05) is 13.1 Å². The van der Waals surface area contributed by atoms with Crippen LogP contribution in [0.1, 0.15) is 25.7 Å². The molecule has 0 aromatic carbocycles. The Hall–Kier alpha value is -1.31. The highest BCUT2D eigenvalue weighted by Crippen LogP contribution is 2.45. The molecule has 0 bridgehead atoms. The summed E-state index contributed by atoms with van der Waals surface area (Å²) < 4.78 is 40.0. The Morgan fingerprint density at radius 1 is 1.30 bits per heavy atom. The van der Waals surface area contributed by atoms with Gasteiger partial charge >= 0.3 is 6.18 Å². The van der Waals surface area contributed by atoms with Crippen LogP contribution in [-0.4, -0.2) is 48.6 Å². The quantitative estimate of drug-likeness (QED) is 0.773. The van der Waals surface area contributed by atoms with E-state index in [0.717, 1.165) is 4.90 Å². The molecule has 2 unspecified atom stereocenters. The van der Waals surface area contributed by atoms with Crippen molar-refractivity contribution in [2.45, 2.75) is 37.9 Å². The maximum Gasteiger partial charge on any atom is 0.404 e. The highest BCUT2D eigenvalue weighted by Gasteiger charge is 2.63. The molecule has 0 aromatic heterocycles. The van der Waals surface area contributed by atoms with Crippen LogP contribution in [0.2, 0.25) is 0 Å². The summed E-state index contributed by atoms with van der Waals surface area (Å²) in [5, 5.41) is 2.60. The lowest BCUT2D eigenvalue weighted by Crippen LogP contribution is -2.59. The summed E-state index contributed by atoms with van der Waals surface area (Å²) in [6.45, 7) is -0.137. The summed E-state index contributed by atoms with van der Waals surface area (Å²) in [6, 6.07) is -0.920. The van der Waals surface area contributed by atoms with Crippen molar-refractivity contribution in [3.05, 3.63) is 0 Å². The molecule has 2 aliphatic rings. The van der Waals surface area contributed by atoms with Crippen LogP contribution in [-0.2, 0) is 9.59 Å². The Kier molecular flexibility index (Phi) is 3.95. The van der Waals surface area contributed by atoms with E-state index >= 15 is 0 Å². The predicted molar refractivity (Wildman–Crippen MR) is 64.5 cm³/mol. The number of nitrogens with two attached hydrogens (primary N) is 1. The van der Waals surface area contributed by atoms with Crippen molar-refractivity contribution in [2.75, 3.05) is 19.6 Å². The van der Waals surface area contributed by atoms with Crippen molar-refractivity contribution >= 4 is 11.8 Å². The van der Waals surface area contributed by atoms with Gasteiger partial charge in [-0.15, -0.1) is 0 Å². The van der Waals surface area contributed by atoms with Crippen LogP contribution in [0.4, 0.5) is 13.2 Å². The second-order valence-corrected chi connectivity index (χ2v) is 5.42. The molecule has 0 aliphatic carbocycles. The fraction of sp³-hybridized carbons (Fsp3) is 0.833. The lowest BCUT2D eigenvalue weighted by Gasteiger charge is -2.40. The van der Waals surface area contributed by atoms with Gasteiger partial charge in [-0.2, -0.15) is 13.2 Å². The summed E-state index contributed by atoms with van der Waals surface area (Å²) in [5.74, 6) is -1.75. The second kappa shape index (κ2) is 5.23. The zero-order chi connectivity index (χ0) is 15.0. The number of carbonyl (C=O) groups excluding carboxylic acids is 2. The number of amides is 2. The molecule has 2 atom stereocenters. The fourth-order valence-corrected chi connectivity index (χ4v) is 2.98. The predicted octanol–water partition coefficient (Wildman–Crippen LogP) is 0.395. The molecule has 8 heteroatoms. The van der Waals surface area contributed by atoms with Crippen molar-refractivity contribution in [1.82, 2.24) is 10.2 Å². The summed E-state index contributed by atoms with van der Waals surface area (Å²) in [6.07, 6.45) is -3.31. The van der Waals surface area contributed by atoms with Gasteiger partial charge in [-0.25, -0.2) is 0 Å². The number of nitrogens with zero attached hydrogens (tertiary/aromatic N) is 1. The standard InChI is InChI=1S/C12H18F3N3O2/c13-12(14,15)11(4-5-17-7-11)10(20)18-6-2-1-3-8(18)9(16)19/h8,17H,1-7H2,(H2,16,19). The Morgan fingerprint density at radius 2 is 2.00 bits per heavy atom. The number of hydrogen-bond donors (Lipinski definition) is 2. The average Bonchev–Trinajstić information content (AvgIpc) is 2.88.